The molecule has 1 aliphatic rings. The van der Waals surface area contributed by atoms with E-state index < -0.39 is 18.3 Å². The first-order valence-electron chi connectivity index (χ1n) is 7.85. The standard InChI is InChI=1S/C17H26N2O2SSi/c1-17(2,3)23(4,5)12-11-16-14-19(22(20,21)18-16)13-15-9-7-6-8-10-15/h6-10,16,18H,13-14H2,1-5H3. The molecule has 1 saturated heterocycles. The molecular weight excluding hydrogens is 324 g/mol. The van der Waals surface area contributed by atoms with Crippen molar-refractivity contribution >= 4 is 18.3 Å². The molecule has 2 rings (SSSR count). The Hall–Kier alpha value is -1.13. The van der Waals surface area contributed by atoms with E-state index in [9.17, 15) is 8.42 Å². The summed E-state index contributed by atoms with van der Waals surface area (Å²) >= 11 is 0. The Morgan fingerprint density at radius 3 is 2.43 bits per heavy atom. The molecule has 1 aromatic carbocycles. The van der Waals surface area contributed by atoms with E-state index in [4.69, 9.17) is 0 Å². The van der Waals surface area contributed by atoms with Gasteiger partial charge in [0.2, 0.25) is 0 Å². The third-order valence-corrected chi connectivity index (χ3v) is 10.7. The monoisotopic (exact) mass is 350 g/mol. The minimum atomic E-state index is -3.44. The van der Waals surface area contributed by atoms with Crippen LogP contribution in [0.4, 0.5) is 0 Å². The van der Waals surface area contributed by atoms with E-state index >= 15 is 0 Å². The van der Waals surface area contributed by atoms with E-state index in [1.54, 1.807) is 0 Å². The molecule has 1 N–H and O–H groups in total. The average Bonchev–Trinajstić information content (AvgIpc) is 2.71. The molecule has 4 nitrogen and oxygen atoms in total. The van der Waals surface area contributed by atoms with E-state index in [-0.39, 0.29) is 11.1 Å². The van der Waals surface area contributed by atoms with Crippen LogP contribution in [0.5, 0.6) is 0 Å². The van der Waals surface area contributed by atoms with Crippen LogP contribution in [0, 0.1) is 11.5 Å². The van der Waals surface area contributed by atoms with Gasteiger partial charge in [-0.1, -0.05) is 70.1 Å². The van der Waals surface area contributed by atoms with Crippen molar-refractivity contribution < 1.29 is 8.42 Å². The van der Waals surface area contributed by atoms with Crippen molar-refractivity contribution in [3.8, 4) is 11.5 Å². The highest BCUT2D eigenvalue weighted by molar-refractivity contribution is 7.87. The van der Waals surface area contributed by atoms with Gasteiger partial charge in [0.1, 0.15) is 8.07 Å². The number of hydrogen-bond donors (Lipinski definition) is 1. The van der Waals surface area contributed by atoms with Crippen molar-refractivity contribution in [3.05, 3.63) is 35.9 Å². The number of nitrogens with zero attached hydrogens (tertiary/aromatic N) is 1. The summed E-state index contributed by atoms with van der Waals surface area (Å²) < 4.78 is 28.6. The Morgan fingerprint density at radius 1 is 1.26 bits per heavy atom. The van der Waals surface area contributed by atoms with Gasteiger partial charge >= 0.3 is 0 Å². The second kappa shape index (κ2) is 6.40. The molecule has 6 heteroatoms. The Kier molecular flexibility index (Phi) is 5.07. The van der Waals surface area contributed by atoms with Crippen LogP contribution in [0.3, 0.4) is 0 Å². The Balaban J connectivity index is 2.12. The van der Waals surface area contributed by atoms with Gasteiger partial charge in [-0.3, -0.25) is 0 Å². The Labute approximate surface area is 141 Å². The zero-order valence-corrected chi connectivity index (χ0v) is 16.4. The Morgan fingerprint density at radius 2 is 1.87 bits per heavy atom. The van der Waals surface area contributed by atoms with Gasteiger partial charge in [-0.05, 0) is 10.6 Å². The summed E-state index contributed by atoms with van der Waals surface area (Å²) in [7, 11) is -5.17. The molecule has 0 amide bonds. The highest BCUT2D eigenvalue weighted by Crippen LogP contribution is 2.35. The quantitative estimate of drug-likeness (QED) is 0.659. The minimum Gasteiger partial charge on any atom is -0.195 e. The normalized spacial score (nSPS) is 21.7. The first kappa shape index (κ1) is 18.2. The fourth-order valence-corrected chi connectivity index (χ4v) is 4.28. The van der Waals surface area contributed by atoms with Gasteiger partial charge in [-0.2, -0.15) is 17.4 Å². The molecule has 126 valence electrons. The van der Waals surface area contributed by atoms with Crippen LogP contribution in [0.15, 0.2) is 30.3 Å². The van der Waals surface area contributed by atoms with Gasteiger partial charge in [0.25, 0.3) is 10.2 Å². The summed E-state index contributed by atoms with van der Waals surface area (Å²) in [6, 6.07) is 9.31. The Bertz CT molecular complexity index is 712. The number of rotatable bonds is 2. The molecule has 1 heterocycles. The maximum atomic E-state index is 12.3. The molecule has 0 spiro atoms. The lowest BCUT2D eigenvalue weighted by Crippen LogP contribution is -2.36. The lowest BCUT2D eigenvalue weighted by atomic mass is 10.2. The van der Waals surface area contributed by atoms with E-state index in [0.29, 0.717) is 13.1 Å². The molecular formula is C17H26N2O2SSi. The smallest absolute Gasteiger partial charge is 0.195 e. The topological polar surface area (TPSA) is 49.4 Å². The summed E-state index contributed by atoms with van der Waals surface area (Å²) in [5.74, 6) is 3.18. The van der Waals surface area contributed by atoms with Crippen molar-refractivity contribution in [2.45, 2.75) is 51.5 Å². The van der Waals surface area contributed by atoms with Gasteiger partial charge in [-0.15, -0.1) is 5.54 Å². The maximum absolute atomic E-state index is 12.3. The predicted octanol–water partition coefficient (Wildman–Crippen LogP) is 2.76. The fraction of sp³-hybridized carbons (Fsp3) is 0.529. The van der Waals surface area contributed by atoms with E-state index in [1.807, 2.05) is 30.3 Å². The zero-order chi connectivity index (χ0) is 17.3. The average molecular weight is 351 g/mol. The predicted molar refractivity (Wildman–Crippen MR) is 97.7 cm³/mol. The third-order valence-electron chi connectivity index (χ3n) is 4.65. The summed E-state index contributed by atoms with van der Waals surface area (Å²) in [5, 5.41) is 0.168. The number of hydrogen-bond acceptors (Lipinski definition) is 2. The van der Waals surface area contributed by atoms with Crippen LogP contribution in [-0.2, 0) is 16.8 Å². The highest BCUT2D eigenvalue weighted by atomic mass is 32.2. The van der Waals surface area contributed by atoms with Crippen molar-refractivity contribution in [2.24, 2.45) is 0 Å². The second-order valence-corrected chi connectivity index (χ2v) is 14.3. The van der Waals surface area contributed by atoms with Crippen LogP contribution < -0.4 is 4.72 Å². The number of nitrogens with one attached hydrogen (secondary N) is 1. The lowest BCUT2D eigenvalue weighted by Gasteiger charge is -2.31. The van der Waals surface area contributed by atoms with Crippen LogP contribution in [0.2, 0.25) is 18.1 Å². The zero-order valence-electron chi connectivity index (χ0n) is 14.6. The van der Waals surface area contributed by atoms with Gasteiger partial charge in [0.05, 0.1) is 6.04 Å². The molecule has 1 fully saturated rings. The van der Waals surface area contributed by atoms with Gasteiger partial charge in [0, 0.05) is 13.1 Å². The SMILES string of the molecule is CC(C)(C)[Si](C)(C)C#CC1CN(Cc2ccccc2)S(=O)(=O)N1. The van der Waals surface area contributed by atoms with Crippen molar-refractivity contribution in [1.29, 1.82) is 0 Å². The largest absolute Gasteiger partial charge is 0.280 e. The summed E-state index contributed by atoms with van der Waals surface area (Å²) in [4.78, 5) is 0. The van der Waals surface area contributed by atoms with E-state index in [2.05, 4.69) is 50.1 Å². The lowest BCUT2D eigenvalue weighted by molar-refractivity contribution is 0.437. The molecule has 0 aliphatic carbocycles. The summed E-state index contributed by atoms with van der Waals surface area (Å²) in [5.41, 5.74) is 4.38. The third kappa shape index (κ3) is 4.45. The first-order valence-corrected chi connectivity index (χ1v) is 12.3. The van der Waals surface area contributed by atoms with Crippen LogP contribution in [0.25, 0.3) is 0 Å². The molecule has 1 aromatic rings. The molecule has 1 atom stereocenters. The summed E-state index contributed by atoms with van der Waals surface area (Å²) in [6.07, 6.45) is 0. The highest BCUT2D eigenvalue weighted by Gasteiger charge is 2.36. The van der Waals surface area contributed by atoms with E-state index in [0.717, 1.165) is 5.56 Å². The van der Waals surface area contributed by atoms with E-state index in [1.165, 1.54) is 4.31 Å². The fourth-order valence-electron chi connectivity index (χ4n) is 2.06. The maximum Gasteiger partial charge on any atom is 0.280 e. The van der Waals surface area contributed by atoms with Gasteiger partial charge in [-0.25, -0.2) is 0 Å². The minimum absolute atomic E-state index is 0.168. The molecule has 0 saturated carbocycles. The van der Waals surface area contributed by atoms with Crippen LogP contribution >= 0.6 is 0 Å². The molecule has 0 aromatic heterocycles. The number of benzene rings is 1. The van der Waals surface area contributed by atoms with Crippen LogP contribution in [-0.4, -0.2) is 33.4 Å². The van der Waals surface area contributed by atoms with Crippen LogP contribution in [0.1, 0.15) is 26.3 Å². The molecule has 23 heavy (non-hydrogen) atoms. The molecule has 1 unspecified atom stereocenters. The summed E-state index contributed by atoms with van der Waals surface area (Å²) in [6.45, 7) is 11.8. The van der Waals surface area contributed by atoms with Crippen molar-refractivity contribution in [3.63, 3.8) is 0 Å². The molecule has 1 aliphatic heterocycles. The van der Waals surface area contributed by atoms with Gasteiger partial charge < -0.3 is 0 Å². The van der Waals surface area contributed by atoms with Crippen molar-refractivity contribution in [2.75, 3.05) is 6.54 Å². The first-order chi connectivity index (χ1) is 10.5. The second-order valence-electron chi connectivity index (χ2n) is 7.60. The van der Waals surface area contributed by atoms with Crippen molar-refractivity contribution in [1.82, 2.24) is 9.03 Å². The molecule has 0 bridgehead atoms. The van der Waals surface area contributed by atoms with Gasteiger partial charge in [0.15, 0.2) is 0 Å². The molecule has 0 radical (unpaired) electrons.